The van der Waals surface area contributed by atoms with E-state index in [9.17, 15) is 14.5 Å². The summed E-state index contributed by atoms with van der Waals surface area (Å²) in [5, 5.41) is 10.3. The Hall–Kier alpha value is -1.49. The van der Waals surface area contributed by atoms with E-state index in [1.165, 1.54) is 12.1 Å². The average Bonchev–Trinajstić information content (AvgIpc) is 2.84. The van der Waals surface area contributed by atoms with Crippen LogP contribution in [0, 0.1) is 15.9 Å². The maximum Gasteiger partial charge on any atom is 0.272 e. The minimum absolute atomic E-state index is 0.240. The predicted molar refractivity (Wildman–Crippen MR) is 48.2 cm³/mol. The van der Waals surface area contributed by atoms with Gasteiger partial charge in [-0.05, 0) is 18.9 Å². The van der Waals surface area contributed by atoms with Crippen molar-refractivity contribution in [3.63, 3.8) is 0 Å². The lowest BCUT2D eigenvalue weighted by atomic mass is 10.0. The van der Waals surface area contributed by atoms with E-state index in [0.717, 1.165) is 18.9 Å². The Balaban J connectivity index is 2.41. The van der Waals surface area contributed by atoms with Crippen LogP contribution in [0.3, 0.4) is 0 Å². The van der Waals surface area contributed by atoms with Crippen LogP contribution >= 0.6 is 0 Å². The van der Waals surface area contributed by atoms with Gasteiger partial charge in [0.15, 0.2) is 0 Å². The number of benzene rings is 1. The van der Waals surface area contributed by atoms with Crippen LogP contribution in [0.4, 0.5) is 10.1 Å². The quantitative estimate of drug-likeness (QED) is 0.577. The molecule has 0 atom stereocenters. The molecule has 0 aliphatic heterocycles. The molecule has 0 aromatic heterocycles. The molecule has 1 aliphatic rings. The summed E-state index contributed by atoms with van der Waals surface area (Å²) in [5.41, 5.74) is 5.34. The fourth-order valence-corrected chi connectivity index (χ4v) is 1.43. The predicted octanol–water partition coefficient (Wildman–Crippen LogP) is 1.68. The molecule has 0 amide bonds. The molecule has 5 heteroatoms. The number of nitrogens with two attached hydrogens (primary N) is 1. The fraction of sp³-hybridized carbons (Fsp3) is 0.333. The number of halogens is 1. The van der Waals surface area contributed by atoms with Crippen molar-refractivity contribution in [2.75, 3.05) is 0 Å². The lowest BCUT2D eigenvalue weighted by Gasteiger charge is -2.09. The van der Waals surface area contributed by atoms with Crippen LogP contribution in [-0.4, -0.2) is 4.92 Å². The van der Waals surface area contributed by atoms with E-state index in [1.807, 2.05) is 0 Å². The van der Waals surface area contributed by atoms with Crippen molar-refractivity contribution in [2.24, 2.45) is 5.73 Å². The highest BCUT2D eigenvalue weighted by molar-refractivity contribution is 5.39. The maximum atomic E-state index is 13.4. The molecule has 1 aromatic carbocycles. The van der Waals surface area contributed by atoms with Crippen LogP contribution in [0.25, 0.3) is 0 Å². The molecule has 0 saturated heterocycles. The Labute approximate surface area is 79.7 Å². The molecule has 4 nitrogen and oxygen atoms in total. The zero-order chi connectivity index (χ0) is 10.3. The van der Waals surface area contributed by atoms with Gasteiger partial charge in [0.25, 0.3) is 5.69 Å². The van der Waals surface area contributed by atoms with Crippen molar-refractivity contribution in [2.45, 2.75) is 18.4 Å². The molecule has 1 aromatic rings. The first-order valence-electron chi connectivity index (χ1n) is 4.26. The van der Waals surface area contributed by atoms with Crippen LogP contribution in [0.2, 0.25) is 0 Å². The minimum atomic E-state index is -0.622. The van der Waals surface area contributed by atoms with Gasteiger partial charge >= 0.3 is 0 Å². The summed E-state index contributed by atoms with van der Waals surface area (Å²) < 4.78 is 13.4. The van der Waals surface area contributed by atoms with E-state index >= 15 is 0 Å². The average molecular weight is 196 g/mol. The van der Waals surface area contributed by atoms with E-state index in [2.05, 4.69) is 0 Å². The molecule has 2 N–H and O–H groups in total. The lowest BCUT2D eigenvalue weighted by Crippen LogP contribution is -2.20. The highest BCUT2D eigenvalue weighted by Crippen LogP contribution is 2.44. The number of hydrogen-bond acceptors (Lipinski definition) is 3. The first-order valence-corrected chi connectivity index (χ1v) is 4.26. The van der Waals surface area contributed by atoms with Crippen molar-refractivity contribution >= 4 is 5.69 Å². The molecule has 74 valence electrons. The number of rotatable bonds is 2. The number of hydrogen-bond donors (Lipinski definition) is 1. The summed E-state index contributed by atoms with van der Waals surface area (Å²) in [7, 11) is 0. The van der Waals surface area contributed by atoms with Crippen molar-refractivity contribution in [1.82, 2.24) is 0 Å². The Morgan fingerprint density at radius 1 is 1.50 bits per heavy atom. The molecule has 0 unspecified atom stereocenters. The summed E-state index contributed by atoms with van der Waals surface area (Å²) >= 11 is 0. The summed E-state index contributed by atoms with van der Waals surface area (Å²) in [6, 6.07) is 3.61. The van der Waals surface area contributed by atoms with Gasteiger partial charge in [0, 0.05) is 17.2 Å². The molecule has 0 heterocycles. The second kappa shape index (κ2) is 2.75. The molecule has 1 fully saturated rings. The van der Waals surface area contributed by atoms with Gasteiger partial charge in [0.05, 0.1) is 11.0 Å². The minimum Gasteiger partial charge on any atom is -0.321 e. The standard InChI is InChI=1S/C9H9FN2O2/c10-8-5-6(12(13)14)1-2-7(8)9(11)3-4-9/h1-2,5H,3-4,11H2. The lowest BCUT2D eigenvalue weighted by molar-refractivity contribution is -0.385. The smallest absolute Gasteiger partial charge is 0.272 e. The first kappa shape index (κ1) is 9.08. The fourth-order valence-electron chi connectivity index (χ4n) is 1.43. The number of nitro groups is 1. The van der Waals surface area contributed by atoms with Gasteiger partial charge in [-0.3, -0.25) is 10.1 Å². The normalized spacial score (nSPS) is 17.9. The Bertz CT molecular complexity index is 402. The van der Waals surface area contributed by atoms with Gasteiger partial charge in [0.2, 0.25) is 0 Å². The van der Waals surface area contributed by atoms with Crippen LogP contribution in [-0.2, 0) is 5.54 Å². The van der Waals surface area contributed by atoms with Gasteiger partial charge in [-0.15, -0.1) is 0 Å². The highest BCUT2D eigenvalue weighted by atomic mass is 19.1. The van der Waals surface area contributed by atoms with E-state index in [-0.39, 0.29) is 5.69 Å². The van der Waals surface area contributed by atoms with Crippen LogP contribution in [0.1, 0.15) is 18.4 Å². The van der Waals surface area contributed by atoms with Crippen molar-refractivity contribution in [3.05, 3.63) is 39.7 Å². The third kappa shape index (κ3) is 1.35. The van der Waals surface area contributed by atoms with E-state index in [1.54, 1.807) is 0 Å². The monoisotopic (exact) mass is 196 g/mol. The third-order valence-corrected chi connectivity index (χ3v) is 2.49. The molecule has 0 bridgehead atoms. The zero-order valence-electron chi connectivity index (χ0n) is 7.37. The van der Waals surface area contributed by atoms with Gasteiger partial charge in [-0.1, -0.05) is 0 Å². The van der Waals surface area contributed by atoms with Gasteiger partial charge < -0.3 is 5.73 Å². The maximum absolute atomic E-state index is 13.4. The van der Waals surface area contributed by atoms with Crippen molar-refractivity contribution in [1.29, 1.82) is 0 Å². The van der Waals surface area contributed by atoms with E-state index in [0.29, 0.717) is 5.56 Å². The second-order valence-electron chi connectivity index (χ2n) is 3.58. The zero-order valence-corrected chi connectivity index (χ0v) is 7.37. The first-order chi connectivity index (χ1) is 6.53. The Morgan fingerprint density at radius 2 is 2.14 bits per heavy atom. The van der Waals surface area contributed by atoms with Gasteiger partial charge in [0.1, 0.15) is 5.82 Å². The van der Waals surface area contributed by atoms with Crippen LogP contribution in [0.15, 0.2) is 18.2 Å². The number of non-ortho nitro benzene ring substituents is 1. The molecule has 1 aliphatic carbocycles. The molecule has 14 heavy (non-hydrogen) atoms. The molecule has 2 rings (SSSR count). The largest absolute Gasteiger partial charge is 0.321 e. The second-order valence-corrected chi connectivity index (χ2v) is 3.58. The van der Waals surface area contributed by atoms with E-state index in [4.69, 9.17) is 5.73 Å². The molecule has 1 saturated carbocycles. The summed E-state index contributed by atoms with van der Waals surface area (Å²) in [5.74, 6) is -0.584. The third-order valence-electron chi connectivity index (χ3n) is 2.49. The van der Waals surface area contributed by atoms with E-state index < -0.39 is 16.3 Å². The van der Waals surface area contributed by atoms with Crippen molar-refractivity contribution in [3.8, 4) is 0 Å². The summed E-state index contributed by atoms with van der Waals surface area (Å²) in [6.07, 6.45) is 1.48. The number of nitro benzene ring substituents is 1. The van der Waals surface area contributed by atoms with Crippen LogP contribution < -0.4 is 5.73 Å². The molecule has 0 spiro atoms. The molecule has 0 radical (unpaired) electrons. The Morgan fingerprint density at radius 3 is 2.57 bits per heavy atom. The number of nitrogens with zero attached hydrogens (tertiary/aromatic N) is 1. The highest BCUT2D eigenvalue weighted by Gasteiger charge is 2.42. The summed E-state index contributed by atoms with van der Waals surface area (Å²) in [4.78, 5) is 9.72. The van der Waals surface area contributed by atoms with Gasteiger partial charge in [-0.2, -0.15) is 0 Å². The summed E-state index contributed by atoms with van der Waals surface area (Å²) in [6.45, 7) is 0. The Kier molecular flexibility index (Phi) is 1.78. The SMILES string of the molecule is NC1(c2ccc([N+](=O)[O-])cc2F)CC1. The molecular formula is C9H9FN2O2. The topological polar surface area (TPSA) is 69.2 Å². The molecular weight excluding hydrogens is 187 g/mol. The van der Waals surface area contributed by atoms with Crippen LogP contribution in [0.5, 0.6) is 0 Å². The van der Waals surface area contributed by atoms with Gasteiger partial charge in [-0.25, -0.2) is 4.39 Å². The van der Waals surface area contributed by atoms with Crippen molar-refractivity contribution < 1.29 is 9.31 Å².